The third kappa shape index (κ3) is 6.25. The largest absolute Gasteiger partial charge is 0.496 e. The van der Waals surface area contributed by atoms with E-state index in [1.165, 1.54) is 11.9 Å². The monoisotopic (exact) mass is 369 g/mol. The maximum Gasteiger partial charge on any atom is 0.322 e. The van der Waals surface area contributed by atoms with Crippen LogP contribution in [-0.2, 0) is 14.3 Å². The van der Waals surface area contributed by atoms with E-state index in [1.807, 2.05) is 33.8 Å². The summed E-state index contributed by atoms with van der Waals surface area (Å²) in [5.74, 6) is -0.789. The predicted molar refractivity (Wildman–Crippen MR) is 98.1 cm³/mol. The Morgan fingerprint density at radius 1 is 1.28 bits per heavy atom. The minimum absolute atomic E-state index is 0.209. The Bertz CT molecular complexity index is 618. The van der Waals surface area contributed by atoms with Gasteiger partial charge in [-0.3, -0.25) is 9.59 Å². The van der Waals surface area contributed by atoms with Crippen LogP contribution in [0.15, 0.2) is 11.0 Å². The van der Waals surface area contributed by atoms with E-state index in [9.17, 15) is 14.7 Å². The van der Waals surface area contributed by atoms with Crippen LogP contribution in [0.25, 0.3) is 0 Å². The number of rotatable bonds is 10. The number of ether oxygens (including phenoxy) is 2. The number of esters is 1. The van der Waals surface area contributed by atoms with Gasteiger partial charge in [0.25, 0.3) is 0 Å². The van der Waals surface area contributed by atoms with Crippen molar-refractivity contribution in [1.82, 2.24) is 4.72 Å². The van der Waals surface area contributed by atoms with Gasteiger partial charge in [-0.1, -0.05) is 13.3 Å². The summed E-state index contributed by atoms with van der Waals surface area (Å²) in [7, 11) is 1.62. The van der Waals surface area contributed by atoms with Crippen molar-refractivity contribution in [2.45, 2.75) is 57.9 Å². The molecule has 0 bridgehead atoms. The molecule has 0 saturated carbocycles. The van der Waals surface area contributed by atoms with Crippen LogP contribution < -0.4 is 9.46 Å². The number of methoxy groups -OCH3 is 1. The van der Waals surface area contributed by atoms with Crippen molar-refractivity contribution < 1.29 is 24.2 Å². The molecule has 0 aromatic heterocycles. The first-order valence-corrected chi connectivity index (χ1v) is 9.09. The highest BCUT2D eigenvalue weighted by Gasteiger charge is 2.23. The van der Waals surface area contributed by atoms with E-state index < -0.39 is 18.0 Å². The molecule has 0 unspecified atom stereocenters. The molecule has 140 valence electrons. The van der Waals surface area contributed by atoms with Crippen LogP contribution in [0.2, 0.25) is 0 Å². The maximum atomic E-state index is 11.8. The fourth-order valence-electron chi connectivity index (χ4n) is 2.26. The summed E-state index contributed by atoms with van der Waals surface area (Å²) >= 11 is 1.22. The third-order valence-electron chi connectivity index (χ3n) is 3.93. The van der Waals surface area contributed by atoms with Gasteiger partial charge in [0.15, 0.2) is 0 Å². The molecule has 7 heteroatoms. The number of aryl methyl sites for hydroxylation is 1. The molecule has 0 amide bonds. The van der Waals surface area contributed by atoms with Crippen molar-refractivity contribution in [2.24, 2.45) is 0 Å². The molecular weight excluding hydrogens is 342 g/mol. The lowest BCUT2D eigenvalue weighted by Crippen LogP contribution is -2.35. The molecule has 1 aromatic carbocycles. The number of aliphatic carboxylic acids is 1. The molecule has 0 radical (unpaired) electrons. The molecule has 0 aliphatic rings. The number of nitrogens with one attached hydrogen (secondary N) is 1. The van der Waals surface area contributed by atoms with E-state index in [0.717, 1.165) is 40.2 Å². The first kappa shape index (κ1) is 21.3. The lowest BCUT2D eigenvalue weighted by Gasteiger charge is -2.18. The van der Waals surface area contributed by atoms with Crippen molar-refractivity contribution in [1.29, 1.82) is 0 Å². The van der Waals surface area contributed by atoms with E-state index in [4.69, 9.17) is 9.47 Å². The van der Waals surface area contributed by atoms with Gasteiger partial charge in [-0.05, 0) is 61.9 Å². The highest BCUT2D eigenvalue weighted by molar-refractivity contribution is 7.97. The average Bonchev–Trinajstić information content (AvgIpc) is 2.56. The van der Waals surface area contributed by atoms with Gasteiger partial charge in [-0.2, -0.15) is 0 Å². The van der Waals surface area contributed by atoms with Gasteiger partial charge >= 0.3 is 11.9 Å². The fraction of sp³-hybridized carbons (Fsp3) is 0.556. The topological polar surface area (TPSA) is 84.9 Å². The Morgan fingerprint density at radius 2 is 1.96 bits per heavy atom. The van der Waals surface area contributed by atoms with Crippen molar-refractivity contribution in [2.75, 3.05) is 13.7 Å². The van der Waals surface area contributed by atoms with E-state index in [0.29, 0.717) is 6.61 Å². The minimum atomic E-state index is -1.08. The van der Waals surface area contributed by atoms with Crippen molar-refractivity contribution >= 4 is 23.9 Å². The molecule has 0 heterocycles. The second kappa shape index (κ2) is 10.3. The van der Waals surface area contributed by atoms with E-state index in [1.54, 1.807) is 7.11 Å². The lowest BCUT2D eigenvalue weighted by molar-refractivity contribution is -0.149. The molecule has 0 fully saturated rings. The summed E-state index contributed by atoms with van der Waals surface area (Å²) in [5, 5.41) is 9.34. The maximum absolute atomic E-state index is 11.8. The Balaban J connectivity index is 2.77. The van der Waals surface area contributed by atoms with E-state index >= 15 is 0 Å². The highest BCUT2D eigenvalue weighted by atomic mass is 32.2. The van der Waals surface area contributed by atoms with Crippen LogP contribution in [0.5, 0.6) is 5.75 Å². The number of carboxylic acids is 1. The van der Waals surface area contributed by atoms with Gasteiger partial charge in [-0.15, -0.1) is 0 Å². The zero-order chi connectivity index (χ0) is 19.0. The number of carbonyl (C=O) groups excluding carboxylic acids is 1. The second-order valence-corrected chi connectivity index (χ2v) is 6.71. The number of benzene rings is 1. The number of hydrogen-bond acceptors (Lipinski definition) is 6. The summed E-state index contributed by atoms with van der Waals surface area (Å²) in [6.45, 7) is 8.17. The normalized spacial score (nSPS) is 11.9. The smallest absolute Gasteiger partial charge is 0.322 e. The first-order valence-electron chi connectivity index (χ1n) is 8.27. The van der Waals surface area contributed by atoms with Crippen molar-refractivity contribution in [3.63, 3.8) is 0 Å². The molecule has 1 atom stereocenters. The van der Waals surface area contributed by atoms with Crippen LogP contribution in [0.4, 0.5) is 0 Å². The molecule has 2 N–H and O–H groups in total. The lowest BCUT2D eigenvalue weighted by atomic mass is 10.1. The van der Waals surface area contributed by atoms with Crippen LogP contribution in [0, 0.1) is 20.8 Å². The van der Waals surface area contributed by atoms with Gasteiger partial charge in [0.05, 0.1) is 20.1 Å². The molecule has 25 heavy (non-hydrogen) atoms. The fourth-order valence-corrected chi connectivity index (χ4v) is 3.23. The molecule has 0 spiro atoms. The average molecular weight is 369 g/mol. The first-order chi connectivity index (χ1) is 11.8. The number of carbonyl (C=O) groups is 2. The van der Waals surface area contributed by atoms with Gasteiger partial charge in [0, 0.05) is 4.90 Å². The summed E-state index contributed by atoms with van der Waals surface area (Å²) in [5.41, 5.74) is 3.00. The summed E-state index contributed by atoms with van der Waals surface area (Å²) in [4.78, 5) is 24.1. The Hall–Kier alpha value is -1.73. The number of unbranched alkanes of at least 4 members (excludes halogenated alkanes) is 1. The van der Waals surface area contributed by atoms with E-state index in [-0.39, 0.29) is 6.42 Å². The molecule has 1 rings (SSSR count). The molecular formula is C18H27NO5S. The summed E-state index contributed by atoms with van der Waals surface area (Å²) in [6, 6.07) is 0.904. The summed E-state index contributed by atoms with van der Waals surface area (Å²) in [6.07, 6.45) is 1.48. The Morgan fingerprint density at radius 3 is 2.52 bits per heavy atom. The molecule has 0 aliphatic carbocycles. The quantitative estimate of drug-likeness (QED) is 0.371. The SMILES string of the molecule is CCCCOC(=O)C[C@H](NSc1c(C)cc(OC)c(C)c1C)C(=O)O. The Kier molecular flexibility index (Phi) is 8.78. The van der Waals surface area contributed by atoms with Gasteiger partial charge in [0.2, 0.25) is 0 Å². The van der Waals surface area contributed by atoms with E-state index in [2.05, 4.69) is 4.72 Å². The zero-order valence-corrected chi connectivity index (χ0v) is 16.3. The predicted octanol–water partition coefficient (Wildman–Crippen LogP) is 3.40. The Labute approximate surface area is 153 Å². The second-order valence-electron chi connectivity index (χ2n) is 5.86. The van der Waals surface area contributed by atoms with Crippen LogP contribution in [-0.4, -0.2) is 36.8 Å². The number of hydrogen-bond donors (Lipinski definition) is 2. The van der Waals surface area contributed by atoms with Gasteiger partial charge < -0.3 is 14.6 Å². The van der Waals surface area contributed by atoms with Crippen LogP contribution in [0.1, 0.15) is 42.9 Å². The molecule has 0 aliphatic heterocycles. The molecule has 0 saturated heterocycles. The number of carboxylic acid groups (broad SMARTS) is 1. The van der Waals surface area contributed by atoms with Gasteiger partial charge in [-0.25, -0.2) is 4.72 Å². The zero-order valence-electron chi connectivity index (χ0n) is 15.5. The molecule has 1 aromatic rings. The standard InChI is InChI=1S/C18H27NO5S/c1-6-7-8-24-16(20)10-14(18(21)22)19-25-17-11(2)9-15(23-5)12(3)13(17)4/h9,14,19H,6-8,10H2,1-5H3,(H,21,22)/t14-/m0/s1. The minimum Gasteiger partial charge on any atom is -0.496 e. The van der Waals surface area contributed by atoms with Crippen LogP contribution >= 0.6 is 11.9 Å². The van der Waals surface area contributed by atoms with Crippen molar-refractivity contribution in [3.8, 4) is 5.75 Å². The summed E-state index contributed by atoms with van der Waals surface area (Å²) < 4.78 is 13.3. The molecule has 6 nitrogen and oxygen atoms in total. The van der Waals surface area contributed by atoms with Crippen molar-refractivity contribution in [3.05, 3.63) is 22.8 Å². The van der Waals surface area contributed by atoms with Gasteiger partial charge in [0.1, 0.15) is 11.8 Å². The highest BCUT2D eigenvalue weighted by Crippen LogP contribution is 2.33. The third-order valence-corrected chi connectivity index (χ3v) is 5.17. The van der Waals surface area contributed by atoms with Crippen LogP contribution in [0.3, 0.4) is 0 Å².